The van der Waals surface area contributed by atoms with E-state index in [1.54, 1.807) is 0 Å². The lowest BCUT2D eigenvalue weighted by Crippen LogP contribution is -2.58. The first kappa shape index (κ1) is 22.8. The Morgan fingerprint density at radius 1 is 0.920 bits per heavy atom. The van der Waals surface area contributed by atoms with E-state index in [0.717, 1.165) is 0 Å². The third-order valence-electron chi connectivity index (χ3n) is 3.53. The molecular formula is C16H27NO8. The molecule has 9 heteroatoms. The molecule has 0 aromatic heterocycles. The van der Waals surface area contributed by atoms with E-state index in [9.17, 15) is 19.2 Å². The number of ether oxygens (including phenoxy) is 4. The fraction of sp³-hybridized carbons (Fsp3) is 0.750. The van der Waals surface area contributed by atoms with Crippen molar-refractivity contribution in [3.8, 4) is 0 Å². The summed E-state index contributed by atoms with van der Waals surface area (Å²) in [6, 6.07) is -0.847. The zero-order valence-electron chi connectivity index (χ0n) is 15.7. The van der Waals surface area contributed by atoms with Gasteiger partial charge in [0.25, 0.3) is 0 Å². The Bertz CT molecular complexity index is 493. The number of likely N-dealkylation sites (N-methyl/N-ethyl adjacent to an activating group) is 1. The number of nitrogens with zero attached hydrogens (tertiary/aromatic N) is 1. The van der Waals surface area contributed by atoms with Gasteiger partial charge in [0.2, 0.25) is 5.91 Å². The summed E-state index contributed by atoms with van der Waals surface area (Å²) < 4.78 is 20.8. The van der Waals surface area contributed by atoms with Gasteiger partial charge >= 0.3 is 17.9 Å². The molecule has 0 aromatic carbocycles. The number of methoxy groups -OCH3 is 1. The number of esters is 3. The van der Waals surface area contributed by atoms with Crippen molar-refractivity contribution in [2.45, 2.75) is 59.0 Å². The minimum absolute atomic E-state index is 0.168. The molecule has 0 aromatic rings. The highest BCUT2D eigenvalue weighted by Gasteiger charge is 2.41. The van der Waals surface area contributed by atoms with Crippen molar-refractivity contribution in [3.63, 3.8) is 0 Å². The minimum atomic E-state index is -1.02. The highest BCUT2D eigenvalue weighted by Crippen LogP contribution is 2.20. The van der Waals surface area contributed by atoms with Gasteiger partial charge in [-0.1, -0.05) is 0 Å². The molecule has 0 N–H and O–H groups in total. The van der Waals surface area contributed by atoms with Crippen LogP contribution in [0.1, 0.15) is 34.6 Å². The maximum absolute atomic E-state index is 11.9. The summed E-state index contributed by atoms with van der Waals surface area (Å²) in [5.74, 6) is -2.04. The Morgan fingerprint density at radius 3 is 1.80 bits per heavy atom. The van der Waals surface area contributed by atoms with E-state index in [2.05, 4.69) is 0 Å². The fourth-order valence-corrected chi connectivity index (χ4v) is 2.36. The largest absolute Gasteiger partial charge is 0.463 e. The predicted octanol–water partition coefficient (Wildman–Crippen LogP) is 0.295. The van der Waals surface area contributed by atoms with Crippen LogP contribution in [0.5, 0.6) is 0 Å². The van der Waals surface area contributed by atoms with Crippen LogP contribution < -0.4 is 0 Å². The van der Waals surface area contributed by atoms with Gasteiger partial charge in [-0.25, -0.2) is 0 Å². The Morgan fingerprint density at radius 2 is 1.44 bits per heavy atom. The van der Waals surface area contributed by atoms with Crippen molar-refractivity contribution >= 4 is 23.8 Å². The summed E-state index contributed by atoms with van der Waals surface area (Å²) in [5.41, 5.74) is 0. The lowest BCUT2D eigenvalue weighted by molar-refractivity contribution is -0.179. The molecule has 0 saturated heterocycles. The Labute approximate surface area is 147 Å². The second-order valence-corrected chi connectivity index (χ2v) is 5.59. The summed E-state index contributed by atoms with van der Waals surface area (Å²) >= 11 is 0. The Balaban J connectivity index is 5.79. The van der Waals surface area contributed by atoms with Gasteiger partial charge in [0.15, 0.2) is 6.10 Å². The van der Waals surface area contributed by atoms with E-state index in [1.165, 1.54) is 53.7 Å². The molecule has 0 fully saturated rings. The average molecular weight is 361 g/mol. The first-order chi connectivity index (χ1) is 11.5. The molecular weight excluding hydrogens is 334 g/mol. The quantitative estimate of drug-likeness (QED) is 0.426. The molecule has 0 radical (unpaired) electrons. The third-order valence-corrected chi connectivity index (χ3v) is 3.53. The van der Waals surface area contributed by atoms with Crippen LogP contribution in [0.3, 0.4) is 0 Å². The van der Waals surface area contributed by atoms with Crippen LogP contribution in [0.25, 0.3) is 0 Å². The number of hydrogen-bond donors (Lipinski definition) is 0. The van der Waals surface area contributed by atoms with Crippen molar-refractivity contribution in [1.82, 2.24) is 4.90 Å². The standard InChI is InChI=1S/C16H27NO8/c1-9(24-12(4)20)16(25-13(5)21)15(17(6)10(2)18)14(22-7)8-23-11(3)19/h9,14-16H,8H2,1-7H3/t9-,14+,15-,16-/m0/s1. The van der Waals surface area contributed by atoms with Crippen molar-refractivity contribution in [3.05, 3.63) is 0 Å². The van der Waals surface area contributed by atoms with E-state index in [1.807, 2.05) is 0 Å². The molecule has 4 atom stereocenters. The van der Waals surface area contributed by atoms with Crippen molar-refractivity contribution < 1.29 is 38.1 Å². The Kier molecular flexibility index (Phi) is 9.73. The third kappa shape index (κ3) is 7.97. The monoisotopic (exact) mass is 361 g/mol. The molecule has 144 valence electrons. The van der Waals surface area contributed by atoms with Gasteiger partial charge in [-0.05, 0) is 6.92 Å². The zero-order valence-corrected chi connectivity index (χ0v) is 15.7. The maximum atomic E-state index is 11.9. The van der Waals surface area contributed by atoms with E-state index in [4.69, 9.17) is 18.9 Å². The van der Waals surface area contributed by atoms with Gasteiger partial charge in [-0.3, -0.25) is 19.2 Å². The molecule has 0 aliphatic heterocycles. The zero-order chi connectivity index (χ0) is 19.7. The van der Waals surface area contributed by atoms with Crippen molar-refractivity contribution in [2.24, 2.45) is 0 Å². The second kappa shape index (κ2) is 10.7. The second-order valence-electron chi connectivity index (χ2n) is 5.59. The molecule has 25 heavy (non-hydrogen) atoms. The van der Waals surface area contributed by atoms with E-state index in [-0.39, 0.29) is 12.5 Å². The molecule has 0 aliphatic carbocycles. The van der Waals surface area contributed by atoms with Crippen LogP contribution >= 0.6 is 0 Å². The first-order valence-corrected chi connectivity index (χ1v) is 7.75. The van der Waals surface area contributed by atoms with Crippen LogP contribution in [-0.2, 0) is 38.1 Å². The molecule has 0 unspecified atom stereocenters. The number of hydrogen-bond acceptors (Lipinski definition) is 8. The van der Waals surface area contributed by atoms with Crippen LogP contribution in [-0.4, -0.2) is 73.8 Å². The molecule has 0 aliphatic rings. The van der Waals surface area contributed by atoms with E-state index in [0.29, 0.717) is 0 Å². The number of amides is 1. The van der Waals surface area contributed by atoms with Gasteiger partial charge in [0, 0.05) is 41.9 Å². The Hall–Kier alpha value is -2.16. The summed E-state index contributed by atoms with van der Waals surface area (Å²) in [7, 11) is 2.86. The highest BCUT2D eigenvalue weighted by atomic mass is 16.6. The van der Waals surface area contributed by atoms with Crippen LogP contribution in [0, 0.1) is 0 Å². The smallest absolute Gasteiger partial charge is 0.303 e. The number of rotatable bonds is 9. The number of carbonyl (C=O) groups is 4. The van der Waals surface area contributed by atoms with Gasteiger partial charge in [-0.2, -0.15) is 0 Å². The minimum Gasteiger partial charge on any atom is -0.463 e. The van der Waals surface area contributed by atoms with Gasteiger partial charge in [0.1, 0.15) is 24.9 Å². The summed E-state index contributed by atoms with van der Waals surface area (Å²) in [6.45, 7) is 6.35. The van der Waals surface area contributed by atoms with Crippen LogP contribution in [0.15, 0.2) is 0 Å². The first-order valence-electron chi connectivity index (χ1n) is 7.75. The molecule has 0 spiro atoms. The van der Waals surface area contributed by atoms with Crippen LogP contribution in [0.2, 0.25) is 0 Å². The summed E-state index contributed by atoms with van der Waals surface area (Å²) in [6.07, 6.45) is -2.68. The lowest BCUT2D eigenvalue weighted by Gasteiger charge is -2.39. The molecule has 0 saturated carbocycles. The summed E-state index contributed by atoms with van der Waals surface area (Å²) in [4.78, 5) is 47.1. The summed E-state index contributed by atoms with van der Waals surface area (Å²) in [5, 5.41) is 0. The lowest BCUT2D eigenvalue weighted by atomic mass is 9.98. The van der Waals surface area contributed by atoms with Gasteiger partial charge in [0.05, 0.1) is 0 Å². The topological polar surface area (TPSA) is 108 Å². The molecule has 0 heterocycles. The average Bonchev–Trinajstić information content (AvgIpc) is 2.47. The normalized spacial score (nSPS) is 15.3. The van der Waals surface area contributed by atoms with Gasteiger partial charge in [-0.15, -0.1) is 0 Å². The molecule has 9 nitrogen and oxygen atoms in total. The maximum Gasteiger partial charge on any atom is 0.303 e. The highest BCUT2D eigenvalue weighted by molar-refractivity contribution is 5.73. The molecule has 0 rings (SSSR count). The van der Waals surface area contributed by atoms with E-state index < -0.39 is 42.3 Å². The van der Waals surface area contributed by atoms with E-state index >= 15 is 0 Å². The van der Waals surface area contributed by atoms with Crippen molar-refractivity contribution in [1.29, 1.82) is 0 Å². The SMILES string of the molecule is CO[C@H](COC(C)=O)[C@@H]([C@@H](OC(C)=O)[C@H](C)OC(C)=O)N(C)C(C)=O. The molecule has 0 bridgehead atoms. The fourth-order valence-electron chi connectivity index (χ4n) is 2.36. The molecule has 1 amide bonds. The predicted molar refractivity (Wildman–Crippen MR) is 86.4 cm³/mol. The van der Waals surface area contributed by atoms with Gasteiger partial charge < -0.3 is 23.8 Å². The van der Waals surface area contributed by atoms with Crippen molar-refractivity contribution in [2.75, 3.05) is 20.8 Å². The number of carbonyl (C=O) groups excluding carboxylic acids is 4. The van der Waals surface area contributed by atoms with Crippen LogP contribution in [0.4, 0.5) is 0 Å².